The van der Waals surface area contributed by atoms with E-state index in [4.69, 9.17) is 10.5 Å². The lowest BCUT2D eigenvalue weighted by molar-refractivity contribution is -0.127. The van der Waals surface area contributed by atoms with Gasteiger partial charge in [0, 0.05) is 6.20 Å². The standard InChI is InChI=1S/C14H16N2O3/c1-3-19-13(18)16-9-8-10-6-4-5-7-11(10)14(16,2)12(15)17/h4-9H,3H2,1-2H3,(H2,15,17)/t14-/m0/s1. The van der Waals surface area contributed by atoms with Crippen LogP contribution < -0.4 is 5.73 Å². The number of hydrogen-bond acceptors (Lipinski definition) is 3. The second-order valence-electron chi connectivity index (χ2n) is 4.41. The van der Waals surface area contributed by atoms with Crippen LogP contribution in [0.4, 0.5) is 4.79 Å². The number of nitrogens with two attached hydrogens (primary N) is 1. The van der Waals surface area contributed by atoms with Crippen molar-refractivity contribution in [3.8, 4) is 0 Å². The first-order chi connectivity index (χ1) is 9.01. The van der Waals surface area contributed by atoms with Crippen molar-refractivity contribution in [3.05, 3.63) is 41.6 Å². The Balaban J connectivity index is 2.55. The molecule has 0 saturated carbocycles. The van der Waals surface area contributed by atoms with Crippen molar-refractivity contribution in [1.29, 1.82) is 0 Å². The Morgan fingerprint density at radius 2 is 2.05 bits per heavy atom. The maximum atomic E-state index is 12.0. The third-order valence-electron chi connectivity index (χ3n) is 3.31. The number of carbonyl (C=O) groups excluding carboxylic acids is 2. The normalized spacial score (nSPS) is 20.8. The minimum absolute atomic E-state index is 0.236. The quantitative estimate of drug-likeness (QED) is 0.881. The van der Waals surface area contributed by atoms with Crippen LogP contribution in [0.2, 0.25) is 0 Å². The smallest absolute Gasteiger partial charge is 0.415 e. The molecular formula is C14H16N2O3. The molecule has 0 spiro atoms. The largest absolute Gasteiger partial charge is 0.449 e. The van der Waals surface area contributed by atoms with E-state index in [1.165, 1.54) is 11.1 Å². The maximum absolute atomic E-state index is 12.0. The minimum Gasteiger partial charge on any atom is -0.449 e. The topological polar surface area (TPSA) is 72.6 Å². The highest BCUT2D eigenvalue weighted by Gasteiger charge is 2.45. The van der Waals surface area contributed by atoms with Crippen LogP contribution in [-0.4, -0.2) is 23.5 Å². The first-order valence-corrected chi connectivity index (χ1v) is 6.05. The molecule has 2 amide bonds. The van der Waals surface area contributed by atoms with E-state index in [1.807, 2.05) is 18.2 Å². The van der Waals surface area contributed by atoms with Crippen LogP contribution in [0.25, 0.3) is 6.08 Å². The summed E-state index contributed by atoms with van der Waals surface area (Å²) in [5.74, 6) is -0.600. The zero-order valence-corrected chi connectivity index (χ0v) is 10.9. The van der Waals surface area contributed by atoms with Crippen molar-refractivity contribution in [3.63, 3.8) is 0 Å². The summed E-state index contributed by atoms with van der Waals surface area (Å²) < 4.78 is 4.97. The molecule has 0 aliphatic carbocycles. The van der Waals surface area contributed by atoms with E-state index in [0.29, 0.717) is 5.56 Å². The molecule has 1 atom stereocenters. The van der Waals surface area contributed by atoms with Gasteiger partial charge in [-0.2, -0.15) is 0 Å². The summed E-state index contributed by atoms with van der Waals surface area (Å²) in [5.41, 5.74) is 5.84. The Bertz CT molecular complexity index is 553. The van der Waals surface area contributed by atoms with Crippen molar-refractivity contribution in [2.45, 2.75) is 19.4 Å². The highest BCUT2D eigenvalue weighted by Crippen LogP contribution is 2.36. The van der Waals surface area contributed by atoms with E-state index >= 15 is 0 Å². The molecule has 1 heterocycles. The number of rotatable bonds is 2. The molecule has 100 valence electrons. The molecule has 1 aromatic carbocycles. The van der Waals surface area contributed by atoms with Crippen molar-refractivity contribution >= 4 is 18.1 Å². The Morgan fingerprint density at radius 1 is 1.37 bits per heavy atom. The SMILES string of the molecule is CCOC(=O)N1C=Cc2ccccc2[C@@]1(C)C(N)=O. The molecule has 1 aliphatic rings. The van der Waals surface area contributed by atoms with Crippen LogP contribution in [0.5, 0.6) is 0 Å². The van der Waals surface area contributed by atoms with Crippen LogP contribution >= 0.6 is 0 Å². The first-order valence-electron chi connectivity index (χ1n) is 6.05. The highest BCUT2D eigenvalue weighted by molar-refractivity contribution is 5.92. The number of ether oxygens (including phenoxy) is 1. The number of fused-ring (bicyclic) bond motifs is 1. The van der Waals surface area contributed by atoms with Crippen LogP contribution in [0.1, 0.15) is 25.0 Å². The Labute approximate surface area is 111 Å². The summed E-state index contributed by atoms with van der Waals surface area (Å²) in [6.45, 7) is 3.56. The second-order valence-corrected chi connectivity index (χ2v) is 4.41. The van der Waals surface area contributed by atoms with Gasteiger partial charge in [0.15, 0.2) is 5.54 Å². The first kappa shape index (κ1) is 13.1. The van der Waals surface area contributed by atoms with Crippen molar-refractivity contribution < 1.29 is 14.3 Å². The zero-order valence-electron chi connectivity index (χ0n) is 10.9. The molecule has 1 aromatic rings. The van der Waals surface area contributed by atoms with Gasteiger partial charge in [-0.25, -0.2) is 4.79 Å². The molecule has 5 nitrogen and oxygen atoms in total. The van der Waals surface area contributed by atoms with Gasteiger partial charge in [-0.1, -0.05) is 24.3 Å². The summed E-state index contributed by atoms with van der Waals surface area (Å²) in [4.78, 5) is 25.1. The third-order valence-corrected chi connectivity index (χ3v) is 3.31. The molecule has 5 heteroatoms. The molecule has 1 aliphatic heterocycles. The molecule has 0 aromatic heterocycles. The number of amides is 2. The maximum Gasteiger partial charge on any atom is 0.415 e. The molecule has 0 radical (unpaired) electrons. The monoisotopic (exact) mass is 260 g/mol. The summed E-state index contributed by atoms with van der Waals surface area (Å²) >= 11 is 0. The Hall–Kier alpha value is -2.30. The van der Waals surface area contributed by atoms with Crippen molar-refractivity contribution in [1.82, 2.24) is 4.90 Å². The molecule has 2 rings (SSSR count). The predicted molar refractivity (Wildman–Crippen MR) is 70.9 cm³/mol. The van der Waals surface area contributed by atoms with Gasteiger partial charge in [0.1, 0.15) is 0 Å². The van der Waals surface area contributed by atoms with Gasteiger partial charge in [0.25, 0.3) is 0 Å². The highest BCUT2D eigenvalue weighted by atomic mass is 16.6. The van der Waals surface area contributed by atoms with Gasteiger partial charge < -0.3 is 10.5 Å². The zero-order chi connectivity index (χ0) is 14.0. The molecule has 19 heavy (non-hydrogen) atoms. The number of hydrogen-bond donors (Lipinski definition) is 1. The Morgan fingerprint density at radius 3 is 2.68 bits per heavy atom. The molecule has 0 fully saturated rings. The van der Waals surface area contributed by atoms with E-state index in [1.54, 1.807) is 26.0 Å². The molecule has 0 saturated heterocycles. The lowest BCUT2D eigenvalue weighted by Gasteiger charge is -2.39. The van der Waals surface area contributed by atoms with Gasteiger partial charge >= 0.3 is 6.09 Å². The molecule has 0 unspecified atom stereocenters. The summed E-state index contributed by atoms with van der Waals surface area (Å²) in [6, 6.07) is 7.33. The van der Waals surface area contributed by atoms with Crippen molar-refractivity contribution in [2.75, 3.05) is 6.61 Å². The number of benzene rings is 1. The van der Waals surface area contributed by atoms with E-state index in [-0.39, 0.29) is 6.61 Å². The van der Waals surface area contributed by atoms with Gasteiger partial charge in [-0.15, -0.1) is 0 Å². The van der Waals surface area contributed by atoms with Crippen molar-refractivity contribution in [2.24, 2.45) is 5.73 Å². The third kappa shape index (κ3) is 1.97. The van der Waals surface area contributed by atoms with Crippen LogP contribution in [0.3, 0.4) is 0 Å². The molecule has 2 N–H and O–H groups in total. The fourth-order valence-electron chi connectivity index (χ4n) is 2.21. The summed E-state index contributed by atoms with van der Waals surface area (Å²) in [7, 11) is 0. The number of primary amides is 1. The second kappa shape index (κ2) is 4.76. The number of carbonyl (C=O) groups is 2. The van der Waals surface area contributed by atoms with Gasteiger partial charge in [-0.3, -0.25) is 9.69 Å². The lowest BCUT2D eigenvalue weighted by Crippen LogP contribution is -2.54. The van der Waals surface area contributed by atoms with Gasteiger partial charge in [-0.05, 0) is 31.1 Å². The average Bonchev–Trinajstić information content (AvgIpc) is 2.39. The van der Waals surface area contributed by atoms with E-state index in [2.05, 4.69) is 0 Å². The van der Waals surface area contributed by atoms with Gasteiger partial charge in [0.2, 0.25) is 5.91 Å². The number of nitrogens with zero attached hydrogens (tertiary/aromatic N) is 1. The summed E-state index contributed by atoms with van der Waals surface area (Å²) in [5, 5.41) is 0. The van der Waals surface area contributed by atoms with E-state index < -0.39 is 17.5 Å². The molecule has 0 bridgehead atoms. The van der Waals surface area contributed by atoms with E-state index in [9.17, 15) is 9.59 Å². The molecular weight excluding hydrogens is 244 g/mol. The lowest BCUT2D eigenvalue weighted by atomic mass is 9.84. The van der Waals surface area contributed by atoms with Crippen LogP contribution in [0.15, 0.2) is 30.5 Å². The predicted octanol–water partition coefficient (Wildman–Crippen LogP) is 1.83. The summed E-state index contributed by atoms with van der Waals surface area (Å²) in [6.07, 6.45) is 2.71. The van der Waals surface area contributed by atoms with E-state index in [0.717, 1.165) is 5.56 Å². The average molecular weight is 260 g/mol. The fourth-order valence-corrected chi connectivity index (χ4v) is 2.21. The van der Waals surface area contributed by atoms with Gasteiger partial charge in [0.05, 0.1) is 6.61 Å². The fraction of sp³-hybridized carbons (Fsp3) is 0.286. The minimum atomic E-state index is -1.24. The van der Waals surface area contributed by atoms with Crippen LogP contribution in [0, 0.1) is 0 Å². The Kier molecular flexibility index (Phi) is 3.29. The van der Waals surface area contributed by atoms with Crippen LogP contribution in [-0.2, 0) is 15.1 Å².